The zero-order valence-corrected chi connectivity index (χ0v) is 18.1. The topological polar surface area (TPSA) is 81.2 Å². The standard InChI is InChI=1S/C21H20N4O3S2/c1-24(2)30(26,27)18-11-6-8-16(14-18)15-29-21-23-22-20(19-12-7-13-28-19)25(21)17-9-4-3-5-10-17/h3-14H,15H2,1-2H3. The Morgan fingerprint density at radius 1 is 1.00 bits per heavy atom. The fourth-order valence-electron chi connectivity index (χ4n) is 2.89. The summed E-state index contributed by atoms with van der Waals surface area (Å²) in [6.45, 7) is 0. The number of thioether (sulfide) groups is 1. The van der Waals surface area contributed by atoms with E-state index >= 15 is 0 Å². The molecule has 2 heterocycles. The van der Waals surface area contributed by atoms with Crippen LogP contribution in [0.5, 0.6) is 0 Å². The highest BCUT2D eigenvalue weighted by Gasteiger charge is 2.19. The van der Waals surface area contributed by atoms with Crippen LogP contribution in [0.15, 0.2) is 87.5 Å². The van der Waals surface area contributed by atoms with E-state index in [4.69, 9.17) is 4.42 Å². The molecular weight excluding hydrogens is 420 g/mol. The van der Waals surface area contributed by atoms with Crippen LogP contribution in [0.4, 0.5) is 0 Å². The molecule has 4 rings (SSSR count). The summed E-state index contributed by atoms with van der Waals surface area (Å²) >= 11 is 1.48. The molecule has 0 fully saturated rings. The third kappa shape index (κ3) is 4.04. The lowest BCUT2D eigenvalue weighted by Crippen LogP contribution is -2.22. The summed E-state index contributed by atoms with van der Waals surface area (Å²) in [5.41, 5.74) is 1.80. The summed E-state index contributed by atoms with van der Waals surface area (Å²) in [7, 11) is -0.434. The lowest BCUT2D eigenvalue weighted by atomic mass is 10.2. The highest BCUT2D eigenvalue weighted by molar-refractivity contribution is 7.98. The minimum Gasteiger partial charge on any atom is -0.461 e. The van der Waals surface area contributed by atoms with E-state index in [1.54, 1.807) is 24.5 Å². The molecule has 0 spiro atoms. The van der Waals surface area contributed by atoms with Crippen LogP contribution in [0.3, 0.4) is 0 Å². The summed E-state index contributed by atoms with van der Waals surface area (Å²) in [6.07, 6.45) is 1.60. The molecule has 30 heavy (non-hydrogen) atoms. The van der Waals surface area contributed by atoms with Crippen LogP contribution < -0.4 is 0 Å². The zero-order chi connectivity index (χ0) is 21.1. The number of hydrogen-bond acceptors (Lipinski definition) is 6. The van der Waals surface area contributed by atoms with Crippen molar-refractivity contribution in [1.29, 1.82) is 0 Å². The molecule has 0 radical (unpaired) electrons. The van der Waals surface area contributed by atoms with Gasteiger partial charge in [0.2, 0.25) is 15.8 Å². The van der Waals surface area contributed by atoms with Crippen LogP contribution in [0.25, 0.3) is 17.3 Å². The Hall–Kier alpha value is -2.88. The second-order valence-corrected chi connectivity index (χ2v) is 9.77. The first kappa shape index (κ1) is 20.4. The average Bonchev–Trinajstić information content (AvgIpc) is 3.42. The molecule has 0 aliphatic rings. The summed E-state index contributed by atoms with van der Waals surface area (Å²) < 4.78 is 33.5. The minimum absolute atomic E-state index is 0.270. The minimum atomic E-state index is -3.48. The van der Waals surface area contributed by atoms with Crippen LogP contribution in [-0.4, -0.2) is 41.6 Å². The van der Waals surface area contributed by atoms with Gasteiger partial charge in [0.05, 0.1) is 11.2 Å². The Balaban J connectivity index is 1.65. The van der Waals surface area contributed by atoms with Gasteiger partial charge in [-0.25, -0.2) is 12.7 Å². The van der Waals surface area contributed by atoms with E-state index in [1.165, 1.54) is 30.2 Å². The van der Waals surface area contributed by atoms with Crippen molar-refractivity contribution in [3.63, 3.8) is 0 Å². The van der Waals surface area contributed by atoms with E-state index in [9.17, 15) is 8.42 Å². The van der Waals surface area contributed by atoms with Crippen molar-refractivity contribution in [1.82, 2.24) is 19.1 Å². The highest BCUT2D eigenvalue weighted by atomic mass is 32.2. The van der Waals surface area contributed by atoms with Gasteiger partial charge in [0.25, 0.3) is 0 Å². The van der Waals surface area contributed by atoms with Gasteiger partial charge in [-0.15, -0.1) is 10.2 Å². The molecule has 0 aliphatic heterocycles. The second kappa shape index (κ2) is 8.47. The molecule has 0 bridgehead atoms. The predicted octanol–water partition coefficient (Wildman–Crippen LogP) is 4.07. The lowest BCUT2D eigenvalue weighted by Gasteiger charge is -2.12. The Bertz CT molecular complexity index is 1230. The summed E-state index contributed by atoms with van der Waals surface area (Å²) in [6, 6.07) is 20.4. The van der Waals surface area contributed by atoms with E-state index in [-0.39, 0.29) is 4.90 Å². The molecule has 0 atom stereocenters. The van der Waals surface area contributed by atoms with Crippen molar-refractivity contribution in [2.45, 2.75) is 15.8 Å². The van der Waals surface area contributed by atoms with Crippen LogP contribution in [0, 0.1) is 0 Å². The van der Waals surface area contributed by atoms with Crippen molar-refractivity contribution >= 4 is 21.8 Å². The Kier molecular flexibility index (Phi) is 5.76. The van der Waals surface area contributed by atoms with Gasteiger partial charge < -0.3 is 4.42 Å². The molecule has 0 saturated carbocycles. The Morgan fingerprint density at radius 2 is 1.80 bits per heavy atom. The molecule has 9 heteroatoms. The molecule has 4 aromatic rings. The fraction of sp³-hybridized carbons (Fsp3) is 0.143. The SMILES string of the molecule is CN(C)S(=O)(=O)c1cccc(CSc2nnc(-c3ccco3)n2-c2ccccc2)c1. The van der Waals surface area contributed by atoms with Gasteiger partial charge in [-0.2, -0.15) is 0 Å². The number of sulfonamides is 1. The summed E-state index contributed by atoms with van der Waals surface area (Å²) in [4.78, 5) is 0.270. The first-order valence-corrected chi connectivity index (χ1v) is 11.6. The lowest BCUT2D eigenvalue weighted by molar-refractivity contribution is 0.520. The van der Waals surface area contributed by atoms with Gasteiger partial charge in [-0.05, 0) is 42.0 Å². The van der Waals surface area contributed by atoms with Crippen molar-refractivity contribution < 1.29 is 12.8 Å². The van der Waals surface area contributed by atoms with Crippen LogP contribution >= 0.6 is 11.8 Å². The average molecular weight is 441 g/mol. The van der Waals surface area contributed by atoms with Gasteiger partial charge in [0.1, 0.15) is 0 Å². The molecule has 7 nitrogen and oxygen atoms in total. The maximum Gasteiger partial charge on any atom is 0.242 e. The van der Waals surface area contributed by atoms with Crippen molar-refractivity contribution in [3.05, 3.63) is 78.6 Å². The largest absolute Gasteiger partial charge is 0.461 e. The number of furan rings is 1. The maximum atomic E-state index is 12.4. The van der Waals surface area contributed by atoms with E-state index < -0.39 is 10.0 Å². The second-order valence-electron chi connectivity index (χ2n) is 6.68. The van der Waals surface area contributed by atoms with Gasteiger partial charge in [-0.1, -0.05) is 42.1 Å². The zero-order valence-electron chi connectivity index (χ0n) is 16.5. The molecule has 2 aromatic carbocycles. The first-order chi connectivity index (χ1) is 14.5. The molecule has 2 aromatic heterocycles. The summed E-state index contributed by atoms with van der Waals surface area (Å²) in [5.74, 6) is 1.77. The third-order valence-electron chi connectivity index (χ3n) is 4.43. The predicted molar refractivity (Wildman–Crippen MR) is 116 cm³/mol. The Labute approximate surface area is 179 Å². The third-order valence-corrected chi connectivity index (χ3v) is 7.25. The van der Waals surface area contributed by atoms with E-state index in [1.807, 2.05) is 53.1 Å². The molecule has 0 amide bonds. The number of hydrogen-bond donors (Lipinski definition) is 0. The van der Waals surface area contributed by atoms with Gasteiger partial charge in [-0.3, -0.25) is 4.57 Å². The molecule has 0 N–H and O–H groups in total. The normalized spacial score (nSPS) is 11.8. The Morgan fingerprint density at radius 3 is 2.50 bits per heavy atom. The number of rotatable bonds is 7. The monoisotopic (exact) mass is 440 g/mol. The number of benzene rings is 2. The molecule has 0 unspecified atom stereocenters. The van der Waals surface area contributed by atoms with E-state index in [0.717, 1.165) is 11.3 Å². The quantitative estimate of drug-likeness (QED) is 0.403. The first-order valence-electron chi connectivity index (χ1n) is 9.16. The molecule has 0 aliphatic carbocycles. The van der Waals surface area contributed by atoms with E-state index in [2.05, 4.69) is 10.2 Å². The molecule has 154 valence electrons. The van der Waals surface area contributed by atoms with Crippen molar-refractivity contribution in [3.8, 4) is 17.3 Å². The van der Waals surface area contributed by atoms with Crippen molar-refractivity contribution in [2.75, 3.05) is 14.1 Å². The van der Waals surface area contributed by atoms with Crippen molar-refractivity contribution in [2.24, 2.45) is 0 Å². The summed E-state index contributed by atoms with van der Waals surface area (Å²) in [5, 5.41) is 9.36. The number of para-hydroxylation sites is 1. The number of aromatic nitrogens is 3. The molecule has 0 saturated heterocycles. The molecular formula is C21H20N4O3S2. The smallest absolute Gasteiger partial charge is 0.242 e. The van der Waals surface area contributed by atoms with Gasteiger partial charge >= 0.3 is 0 Å². The van der Waals surface area contributed by atoms with Crippen LogP contribution in [0.2, 0.25) is 0 Å². The van der Waals surface area contributed by atoms with Crippen LogP contribution in [0.1, 0.15) is 5.56 Å². The van der Waals surface area contributed by atoms with Gasteiger partial charge in [0.15, 0.2) is 10.9 Å². The van der Waals surface area contributed by atoms with Gasteiger partial charge in [0, 0.05) is 25.5 Å². The van der Waals surface area contributed by atoms with Crippen LogP contribution in [-0.2, 0) is 15.8 Å². The maximum absolute atomic E-state index is 12.4. The van der Waals surface area contributed by atoms with E-state index in [0.29, 0.717) is 22.5 Å². The fourth-order valence-corrected chi connectivity index (χ4v) is 4.76. The highest BCUT2D eigenvalue weighted by Crippen LogP contribution is 2.30. The number of nitrogens with zero attached hydrogens (tertiary/aromatic N) is 4.